The van der Waals surface area contributed by atoms with Crippen molar-refractivity contribution in [3.05, 3.63) is 54.2 Å². The largest absolute Gasteiger partial charge is 0.331 e. The Balaban J connectivity index is 2.08. The second-order valence-corrected chi connectivity index (χ2v) is 6.75. The van der Waals surface area contributed by atoms with Gasteiger partial charge in [0.05, 0.1) is 18.0 Å². The Morgan fingerprint density at radius 3 is 2.48 bits per heavy atom. The third-order valence-electron chi connectivity index (χ3n) is 2.98. The molecule has 0 saturated heterocycles. The molecule has 0 spiro atoms. The highest BCUT2D eigenvalue weighted by atomic mass is 32.2. The standard InChI is InChI=1S/C15H18N4O3S/c1-11(17-15(20)18-14-9-5-6-10-16-14)12-7-3-4-8-13(12)19-23(2,21)22/h3-11,19H,1-2H3,(H2,16,17,18,20)/t11-/m0/s1. The van der Waals surface area contributed by atoms with Gasteiger partial charge >= 0.3 is 6.03 Å². The summed E-state index contributed by atoms with van der Waals surface area (Å²) in [5, 5.41) is 5.36. The van der Waals surface area contributed by atoms with E-state index in [2.05, 4.69) is 20.3 Å². The predicted octanol–water partition coefficient (Wildman–Crippen LogP) is 2.34. The SMILES string of the molecule is C[C@H](NC(=O)Nc1ccccn1)c1ccccc1NS(C)(=O)=O. The number of pyridine rings is 1. The van der Waals surface area contributed by atoms with Gasteiger partial charge in [-0.1, -0.05) is 24.3 Å². The van der Waals surface area contributed by atoms with Crippen molar-refractivity contribution >= 4 is 27.6 Å². The topological polar surface area (TPSA) is 100 Å². The van der Waals surface area contributed by atoms with Crippen LogP contribution in [0.2, 0.25) is 0 Å². The molecular formula is C15H18N4O3S. The van der Waals surface area contributed by atoms with E-state index in [0.29, 0.717) is 17.1 Å². The lowest BCUT2D eigenvalue weighted by Crippen LogP contribution is -2.32. The quantitative estimate of drug-likeness (QED) is 0.781. The van der Waals surface area contributed by atoms with Crippen molar-refractivity contribution in [1.29, 1.82) is 0 Å². The first-order valence-electron chi connectivity index (χ1n) is 6.90. The van der Waals surface area contributed by atoms with Gasteiger partial charge in [0.1, 0.15) is 5.82 Å². The van der Waals surface area contributed by atoms with Gasteiger partial charge in [-0.2, -0.15) is 0 Å². The van der Waals surface area contributed by atoms with Gasteiger partial charge in [-0.05, 0) is 30.7 Å². The first-order chi connectivity index (χ1) is 10.8. The second kappa shape index (κ2) is 7.10. The first kappa shape index (κ1) is 16.8. The van der Waals surface area contributed by atoms with Crippen molar-refractivity contribution in [1.82, 2.24) is 10.3 Å². The van der Waals surface area contributed by atoms with Crippen molar-refractivity contribution in [3.63, 3.8) is 0 Å². The molecule has 1 aromatic heterocycles. The van der Waals surface area contributed by atoms with E-state index < -0.39 is 22.1 Å². The minimum atomic E-state index is -3.40. The number of sulfonamides is 1. The van der Waals surface area contributed by atoms with Gasteiger partial charge < -0.3 is 5.32 Å². The summed E-state index contributed by atoms with van der Waals surface area (Å²) in [6, 6.07) is 11.2. The number of carbonyl (C=O) groups is 1. The first-order valence-corrected chi connectivity index (χ1v) is 8.79. The van der Waals surface area contributed by atoms with Crippen LogP contribution in [0.4, 0.5) is 16.3 Å². The summed E-state index contributed by atoms with van der Waals surface area (Å²) in [5.74, 6) is 0.430. The molecule has 23 heavy (non-hydrogen) atoms. The highest BCUT2D eigenvalue weighted by molar-refractivity contribution is 7.92. The van der Waals surface area contributed by atoms with Crippen LogP contribution < -0.4 is 15.4 Å². The molecule has 0 radical (unpaired) electrons. The molecule has 1 heterocycles. The third-order valence-corrected chi connectivity index (χ3v) is 3.57. The van der Waals surface area contributed by atoms with Crippen LogP contribution in [0.3, 0.4) is 0 Å². The lowest BCUT2D eigenvalue weighted by molar-refractivity contribution is 0.249. The zero-order valence-corrected chi connectivity index (χ0v) is 13.6. The van der Waals surface area contributed by atoms with Crippen LogP contribution in [0, 0.1) is 0 Å². The zero-order chi connectivity index (χ0) is 16.9. The molecule has 2 aromatic rings. The van der Waals surface area contributed by atoms with Gasteiger partial charge in [0.2, 0.25) is 10.0 Å². The Morgan fingerprint density at radius 2 is 1.83 bits per heavy atom. The maximum absolute atomic E-state index is 12.0. The predicted molar refractivity (Wildman–Crippen MR) is 89.7 cm³/mol. The normalized spacial score (nSPS) is 12.3. The Bertz CT molecular complexity index is 778. The Hall–Kier alpha value is -2.61. The van der Waals surface area contributed by atoms with E-state index in [9.17, 15) is 13.2 Å². The van der Waals surface area contributed by atoms with Crippen LogP contribution in [-0.2, 0) is 10.0 Å². The Morgan fingerprint density at radius 1 is 1.13 bits per heavy atom. The number of hydrogen-bond acceptors (Lipinski definition) is 4. The number of urea groups is 1. The minimum absolute atomic E-state index is 0.399. The second-order valence-electron chi connectivity index (χ2n) is 5.00. The molecule has 0 aliphatic carbocycles. The van der Waals surface area contributed by atoms with Gasteiger partial charge in [0, 0.05) is 6.20 Å². The molecule has 0 unspecified atom stereocenters. The summed E-state index contributed by atoms with van der Waals surface area (Å²) in [6.45, 7) is 1.76. The number of hydrogen-bond donors (Lipinski definition) is 3. The number of benzene rings is 1. The lowest BCUT2D eigenvalue weighted by atomic mass is 10.1. The van der Waals surface area contributed by atoms with E-state index in [0.717, 1.165) is 6.26 Å². The summed E-state index contributed by atoms with van der Waals surface area (Å²) in [7, 11) is -3.40. The van der Waals surface area contributed by atoms with Gasteiger partial charge in [-0.3, -0.25) is 10.0 Å². The molecule has 0 bridgehead atoms. The molecule has 2 rings (SSSR count). The Labute approximate surface area is 135 Å². The van der Waals surface area contributed by atoms with Crippen molar-refractivity contribution in [3.8, 4) is 0 Å². The molecule has 0 saturated carbocycles. The van der Waals surface area contributed by atoms with Crippen LogP contribution in [0.1, 0.15) is 18.5 Å². The number of carbonyl (C=O) groups excluding carboxylic acids is 1. The maximum Gasteiger partial charge on any atom is 0.320 e. The van der Waals surface area contributed by atoms with E-state index in [1.54, 1.807) is 55.6 Å². The molecule has 0 fully saturated rings. The summed E-state index contributed by atoms with van der Waals surface area (Å²) in [4.78, 5) is 16.0. The molecule has 1 atom stereocenters. The summed E-state index contributed by atoms with van der Waals surface area (Å²) >= 11 is 0. The fraction of sp³-hybridized carbons (Fsp3) is 0.200. The van der Waals surface area contributed by atoms with Crippen molar-refractivity contribution in [2.75, 3.05) is 16.3 Å². The van der Waals surface area contributed by atoms with Crippen LogP contribution in [-0.4, -0.2) is 25.7 Å². The molecular weight excluding hydrogens is 316 g/mol. The van der Waals surface area contributed by atoms with Gasteiger partial charge in [0.25, 0.3) is 0 Å². The van der Waals surface area contributed by atoms with Gasteiger partial charge in [-0.15, -0.1) is 0 Å². The van der Waals surface area contributed by atoms with E-state index in [-0.39, 0.29) is 0 Å². The third kappa shape index (κ3) is 5.26. The van der Waals surface area contributed by atoms with Gasteiger partial charge in [-0.25, -0.2) is 18.2 Å². The number of para-hydroxylation sites is 1. The number of nitrogens with one attached hydrogen (secondary N) is 3. The van der Waals surface area contributed by atoms with Crippen LogP contribution in [0.5, 0.6) is 0 Å². The van der Waals surface area contributed by atoms with E-state index in [1.165, 1.54) is 0 Å². The summed E-state index contributed by atoms with van der Waals surface area (Å²) in [5.41, 5.74) is 1.09. The van der Waals surface area contributed by atoms with E-state index >= 15 is 0 Å². The van der Waals surface area contributed by atoms with Crippen LogP contribution >= 0.6 is 0 Å². The molecule has 0 aliphatic rings. The zero-order valence-electron chi connectivity index (χ0n) is 12.8. The van der Waals surface area contributed by atoms with Crippen molar-refractivity contribution in [2.24, 2.45) is 0 Å². The fourth-order valence-electron chi connectivity index (χ4n) is 2.03. The van der Waals surface area contributed by atoms with E-state index in [4.69, 9.17) is 0 Å². The highest BCUT2D eigenvalue weighted by Gasteiger charge is 2.15. The van der Waals surface area contributed by atoms with Crippen molar-refractivity contribution < 1.29 is 13.2 Å². The van der Waals surface area contributed by atoms with Crippen molar-refractivity contribution in [2.45, 2.75) is 13.0 Å². The van der Waals surface area contributed by atoms with Crippen LogP contribution in [0.15, 0.2) is 48.7 Å². The minimum Gasteiger partial charge on any atom is -0.331 e. The average Bonchev–Trinajstić information content (AvgIpc) is 2.47. The van der Waals surface area contributed by atoms with E-state index in [1.807, 2.05) is 0 Å². The number of aromatic nitrogens is 1. The highest BCUT2D eigenvalue weighted by Crippen LogP contribution is 2.23. The number of rotatable bonds is 5. The summed E-state index contributed by atoms with van der Waals surface area (Å²) < 4.78 is 25.3. The smallest absolute Gasteiger partial charge is 0.320 e. The monoisotopic (exact) mass is 334 g/mol. The molecule has 7 nitrogen and oxygen atoms in total. The molecule has 2 amide bonds. The Kier molecular flexibility index (Phi) is 5.17. The molecule has 8 heteroatoms. The number of nitrogens with zero attached hydrogens (tertiary/aromatic N) is 1. The lowest BCUT2D eigenvalue weighted by Gasteiger charge is -2.18. The summed E-state index contributed by atoms with van der Waals surface area (Å²) in [6.07, 6.45) is 2.65. The fourth-order valence-corrected chi connectivity index (χ4v) is 2.62. The van der Waals surface area contributed by atoms with Gasteiger partial charge in [0.15, 0.2) is 0 Å². The molecule has 3 N–H and O–H groups in total. The average molecular weight is 334 g/mol. The molecule has 0 aliphatic heterocycles. The maximum atomic E-state index is 12.0. The van der Waals surface area contributed by atoms with Crippen LogP contribution in [0.25, 0.3) is 0 Å². The molecule has 1 aromatic carbocycles. The number of amides is 2. The molecule has 122 valence electrons. The number of anilines is 2.